The number of fused-ring (bicyclic) bond motifs is 1. The standard InChI is InChI=1S/C19H21N7O4S/c1-29-6-5-20-11-18-24-19(25-30-18)15-8-13(10-22-31(27)28)7-14(9-15)16-12-26-17(23-16)3-2-4-21-26/h2-4,7-9,12,20,31H,5-6,10-11H2,1H3,(H,22,27,28). The molecular weight excluding hydrogens is 422 g/mol. The molecule has 4 aromatic rings. The highest BCUT2D eigenvalue weighted by Crippen LogP contribution is 2.27. The Morgan fingerprint density at radius 2 is 2.03 bits per heavy atom. The van der Waals surface area contributed by atoms with E-state index in [9.17, 15) is 8.42 Å². The highest BCUT2D eigenvalue weighted by Gasteiger charge is 2.13. The molecule has 0 amide bonds. The number of nitrogens with zero attached hydrogens (tertiary/aromatic N) is 5. The van der Waals surface area contributed by atoms with E-state index in [0.29, 0.717) is 48.3 Å². The van der Waals surface area contributed by atoms with Gasteiger partial charge in [-0.3, -0.25) is 0 Å². The van der Waals surface area contributed by atoms with Gasteiger partial charge in [0, 0.05) is 37.5 Å². The zero-order valence-electron chi connectivity index (χ0n) is 16.7. The van der Waals surface area contributed by atoms with Crippen molar-refractivity contribution in [3.63, 3.8) is 0 Å². The largest absolute Gasteiger partial charge is 0.383 e. The summed E-state index contributed by atoms with van der Waals surface area (Å²) in [6.07, 6.45) is 3.48. The number of hydrogen-bond donors (Lipinski definition) is 3. The molecule has 0 unspecified atom stereocenters. The van der Waals surface area contributed by atoms with E-state index >= 15 is 0 Å². The first-order chi connectivity index (χ1) is 15.1. The van der Waals surface area contributed by atoms with Crippen molar-refractivity contribution in [1.29, 1.82) is 0 Å². The summed E-state index contributed by atoms with van der Waals surface area (Å²) in [6.45, 7) is 1.79. The van der Waals surface area contributed by atoms with Crippen LogP contribution in [0, 0.1) is 0 Å². The molecule has 0 bridgehead atoms. The summed E-state index contributed by atoms with van der Waals surface area (Å²) in [5.74, 6) is 0.843. The Hall–Kier alpha value is -3.19. The molecule has 31 heavy (non-hydrogen) atoms. The van der Waals surface area contributed by atoms with E-state index in [1.54, 1.807) is 24.0 Å². The number of thiol groups is 1. The molecule has 0 fully saturated rings. The van der Waals surface area contributed by atoms with Gasteiger partial charge in [-0.25, -0.2) is 22.6 Å². The van der Waals surface area contributed by atoms with Crippen molar-refractivity contribution >= 4 is 16.5 Å². The molecule has 4 rings (SSSR count). The van der Waals surface area contributed by atoms with Gasteiger partial charge in [0.1, 0.15) is 0 Å². The predicted octanol–water partition coefficient (Wildman–Crippen LogP) is 0.798. The number of nitrogens with one attached hydrogen (secondary N) is 2. The van der Waals surface area contributed by atoms with Crippen LogP contribution in [0.25, 0.3) is 28.3 Å². The van der Waals surface area contributed by atoms with Gasteiger partial charge in [-0.1, -0.05) is 5.16 Å². The van der Waals surface area contributed by atoms with Crippen LogP contribution in [-0.4, -0.2) is 53.4 Å². The SMILES string of the molecule is COCCNCc1nc(-c2cc(CN[SH](=O)=O)cc(-c3cn4ncccc4n3)c2)no1. The summed E-state index contributed by atoms with van der Waals surface area (Å²) in [6, 6.07) is 9.23. The van der Waals surface area contributed by atoms with Crippen LogP contribution < -0.4 is 10.0 Å². The van der Waals surface area contributed by atoms with Gasteiger partial charge in [0.2, 0.25) is 22.6 Å². The van der Waals surface area contributed by atoms with E-state index in [2.05, 4.69) is 30.3 Å². The normalized spacial score (nSPS) is 11.5. The fourth-order valence-corrected chi connectivity index (χ4v) is 3.32. The molecule has 0 atom stereocenters. The van der Waals surface area contributed by atoms with E-state index in [4.69, 9.17) is 9.26 Å². The molecule has 3 heterocycles. The van der Waals surface area contributed by atoms with Crippen molar-refractivity contribution in [2.75, 3.05) is 20.3 Å². The Balaban J connectivity index is 1.66. The van der Waals surface area contributed by atoms with Crippen molar-refractivity contribution in [3.05, 3.63) is 54.2 Å². The van der Waals surface area contributed by atoms with Gasteiger partial charge in [0.05, 0.1) is 25.0 Å². The summed E-state index contributed by atoms with van der Waals surface area (Å²) in [5.41, 5.74) is 3.60. The molecule has 3 aromatic heterocycles. The van der Waals surface area contributed by atoms with Crippen LogP contribution in [0.2, 0.25) is 0 Å². The minimum absolute atomic E-state index is 0.133. The second-order valence-corrected chi connectivity index (χ2v) is 7.47. The van der Waals surface area contributed by atoms with Crippen LogP contribution in [0.3, 0.4) is 0 Å². The lowest BCUT2D eigenvalue weighted by Crippen LogP contribution is -2.18. The Morgan fingerprint density at radius 1 is 1.16 bits per heavy atom. The van der Waals surface area contributed by atoms with Gasteiger partial charge in [0.25, 0.3) is 0 Å². The number of hydrogen-bond acceptors (Lipinski definition) is 9. The third-order valence-corrected chi connectivity index (χ3v) is 4.84. The second-order valence-electron chi connectivity index (χ2n) is 6.64. The van der Waals surface area contributed by atoms with Crippen molar-refractivity contribution < 1.29 is 17.7 Å². The van der Waals surface area contributed by atoms with Crippen LogP contribution in [-0.2, 0) is 28.7 Å². The minimum Gasteiger partial charge on any atom is -0.383 e. The molecule has 0 aliphatic heterocycles. The van der Waals surface area contributed by atoms with Crippen LogP contribution in [0.4, 0.5) is 0 Å². The van der Waals surface area contributed by atoms with Crippen LogP contribution in [0.5, 0.6) is 0 Å². The van der Waals surface area contributed by atoms with E-state index in [0.717, 1.165) is 11.1 Å². The minimum atomic E-state index is -2.72. The van der Waals surface area contributed by atoms with Crippen LogP contribution in [0.1, 0.15) is 11.5 Å². The molecule has 0 radical (unpaired) electrons. The first kappa shape index (κ1) is 21.1. The first-order valence-electron chi connectivity index (χ1n) is 9.47. The molecule has 0 saturated heterocycles. The number of benzene rings is 1. The highest BCUT2D eigenvalue weighted by atomic mass is 32.2. The van der Waals surface area contributed by atoms with E-state index in [1.165, 1.54) is 0 Å². The molecule has 2 N–H and O–H groups in total. The van der Waals surface area contributed by atoms with Gasteiger partial charge in [-0.05, 0) is 35.9 Å². The van der Waals surface area contributed by atoms with Gasteiger partial charge in [-0.2, -0.15) is 10.1 Å². The van der Waals surface area contributed by atoms with Crippen molar-refractivity contribution in [2.45, 2.75) is 13.1 Å². The average Bonchev–Trinajstić information content (AvgIpc) is 3.42. The lowest BCUT2D eigenvalue weighted by molar-refractivity contribution is 0.197. The monoisotopic (exact) mass is 443 g/mol. The van der Waals surface area contributed by atoms with Crippen molar-refractivity contribution in [1.82, 2.24) is 34.8 Å². The summed E-state index contributed by atoms with van der Waals surface area (Å²) >= 11 is 0. The average molecular weight is 443 g/mol. The molecule has 0 aliphatic rings. The van der Waals surface area contributed by atoms with Crippen LogP contribution >= 0.6 is 0 Å². The lowest BCUT2D eigenvalue weighted by Gasteiger charge is -2.06. The van der Waals surface area contributed by atoms with Gasteiger partial charge in [-0.15, -0.1) is 0 Å². The predicted molar refractivity (Wildman–Crippen MR) is 112 cm³/mol. The van der Waals surface area contributed by atoms with E-state index < -0.39 is 10.9 Å². The second kappa shape index (κ2) is 9.75. The maximum absolute atomic E-state index is 11.0. The Kier molecular flexibility index (Phi) is 6.62. The number of imidazole rings is 1. The summed E-state index contributed by atoms with van der Waals surface area (Å²) in [4.78, 5) is 9.02. The molecule has 1 aromatic carbocycles. The Bertz CT molecular complexity index is 1210. The van der Waals surface area contributed by atoms with Gasteiger partial charge >= 0.3 is 0 Å². The summed E-state index contributed by atoms with van der Waals surface area (Å²) in [5, 5.41) is 11.5. The topological polar surface area (TPSA) is 137 Å². The van der Waals surface area contributed by atoms with Crippen LogP contribution in [0.15, 0.2) is 47.2 Å². The summed E-state index contributed by atoms with van der Waals surface area (Å²) < 4.78 is 36.4. The number of aromatic nitrogens is 5. The van der Waals surface area contributed by atoms with E-state index in [-0.39, 0.29) is 6.54 Å². The maximum atomic E-state index is 11.0. The number of ether oxygens (including phenoxy) is 1. The zero-order valence-corrected chi connectivity index (χ0v) is 17.6. The third-order valence-electron chi connectivity index (χ3n) is 4.42. The Morgan fingerprint density at radius 3 is 2.84 bits per heavy atom. The fourth-order valence-electron chi connectivity index (χ4n) is 3.01. The molecule has 0 spiro atoms. The van der Waals surface area contributed by atoms with Gasteiger partial charge < -0.3 is 14.6 Å². The fraction of sp³-hybridized carbons (Fsp3) is 0.263. The molecule has 0 aliphatic carbocycles. The summed E-state index contributed by atoms with van der Waals surface area (Å²) in [7, 11) is -1.09. The van der Waals surface area contributed by atoms with Gasteiger partial charge in [0.15, 0.2) is 5.65 Å². The molecule has 12 heteroatoms. The quantitative estimate of drug-likeness (QED) is 0.240. The molecule has 11 nitrogen and oxygen atoms in total. The highest BCUT2D eigenvalue weighted by molar-refractivity contribution is 7.70. The Labute approximate surface area is 179 Å². The zero-order chi connectivity index (χ0) is 21.6. The molecule has 0 saturated carbocycles. The number of rotatable bonds is 10. The van der Waals surface area contributed by atoms with E-state index in [1.807, 2.05) is 30.3 Å². The van der Waals surface area contributed by atoms with Crippen molar-refractivity contribution in [3.8, 4) is 22.6 Å². The first-order valence-corrected chi connectivity index (χ1v) is 10.7. The van der Waals surface area contributed by atoms with Crippen molar-refractivity contribution in [2.24, 2.45) is 0 Å². The lowest BCUT2D eigenvalue weighted by atomic mass is 10.0. The molecular formula is C19H21N7O4S. The third kappa shape index (κ3) is 5.30. The maximum Gasteiger partial charge on any atom is 0.240 e. The smallest absolute Gasteiger partial charge is 0.240 e. The number of methoxy groups -OCH3 is 1. The molecule has 162 valence electrons.